The first-order chi connectivity index (χ1) is 7.38. The van der Waals surface area contributed by atoms with Crippen LogP contribution in [-0.2, 0) is 0 Å². The van der Waals surface area contributed by atoms with E-state index in [1.807, 2.05) is 0 Å². The van der Waals surface area contributed by atoms with Crippen molar-refractivity contribution < 1.29 is 14.6 Å². The molecule has 5 heteroatoms. The van der Waals surface area contributed by atoms with Gasteiger partial charge < -0.3 is 19.9 Å². The molecule has 0 spiro atoms. The molecule has 1 fully saturated rings. The molecule has 2 rings (SSSR count). The summed E-state index contributed by atoms with van der Waals surface area (Å²) in [7, 11) is 0. The van der Waals surface area contributed by atoms with Crippen LogP contribution in [0.3, 0.4) is 0 Å². The number of rotatable bonds is 5. The average Bonchev–Trinajstić information content (AvgIpc) is 2.22. The number of ether oxygens (including phenoxy) is 2. The zero-order chi connectivity index (χ0) is 10.5. The lowest BCUT2D eigenvalue weighted by Crippen LogP contribution is -2.50. The molecular weight excluding hydrogens is 196 g/mol. The Labute approximate surface area is 88.0 Å². The van der Waals surface area contributed by atoms with Gasteiger partial charge >= 0.3 is 0 Å². The standard InChI is InChI=1S/C10H14N2O3/c13-3-4-14-8-1-2-10(12-7-8)15-9-5-11-6-9/h1-2,7,9,11,13H,3-6H2. The third-order valence-corrected chi connectivity index (χ3v) is 2.10. The van der Waals surface area contributed by atoms with E-state index in [4.69, 9.17) is 14.6 Å². The van der Waals surface area contributed by atoms with E-state index in [-0.39, 0.29) is 19.3 Å². The summed E-state index contributed by atoms with van der Waals surface area (Å²) in [4.78, 5) is 4.10. The highest BCUT2D eigenvalue weighted by atomic mass is 16.5. The summed E-state index contributed by atoms with van der Waals surface area (Å²) in [5.41, 5.74) is 0. The number of aliphatic hydroxyl groups is 1. The Morgan fingerprint density at radius 1 is 1.47 bits per heavy atom. The first-order valence-corrected chi connectivity index (χ1v) is 4.95. The van der Waals surface area contributed by atoms with Crippen molar-refractivity contribution in [3.63, 3.8) is 0 Å². The molecule has 0 radical (unpaired) electrons. The van der Waals surface area contributed by atoms with Crippen LogP contribution in [0.15, 0.2) is 18.3 Å². The molecule has 0 atom stereocenters. The Morgan fingerprint density at radius 3 is 2.87 bits per heavy atom. The molecule has 0 amide bonds. The molecule has 1 aliphatic rings. The SMILES string of the molecule is OCCOc1ccc(OC2CNC2)nc1. The molecule has 0 aromatic carbocycles. The molecule has 0 unspecified atom stereocenters. The van der Waals surface area contributed by atoms with Gasteiger partial charge in [-0.15, -0.1) is 0 Å². The van der Waals surface area contributed by atoms with E-state index in [1.54, 1.807) is 18.3 Å². The predicted molar refractivity (Wildman–Crippen MR) is 54.1 cm³/mol. The molecular formula is C10H14N2O3. The molecule has 82 valence electrons. The molecule has 15 heavy (non-hydrogen) atoms. The van der Waals surface area contributed by atoms with Crippen molar-refractivity contribution in [3.05, 3.63) is 18.3 Å². The van der Waals surface area contributed by atoms with Gasteiger partial charge in [0, 0.05) is 19.2 Å². The van der Waals surface area contributed by atoms with E-state index < -0.39 is 0 Å². The van der Waals surface area contributed by atoms with Crippen molar-refractivity contribution in [2.24, 2.45) is 0 Å². The van der Waals surface area contributed by atoms with Crippen molar-refractivity contribution >= 4 is 0 Å². The van der Waals surface area contributed by atoms with Gasteiger partial charge in [-0.2, -0.15) is 0 Å². The monoisotopic (exact) mass is 210 g/mol. The fourth-order valence-corrected chi connectivity index (χ4v) is 1.20. The first-order valence-electron chi connectivity index (χ1n) is 4.95. The Kier molecular flexibility index (Phi) is 3.37. The number of nitrogens with zero attached hydrogens (tertiary/aromatic N) is 1. The minimum Gasteiger partial charge on any atom is -0.490 e. The molecule has 0 saturated carbocycles. The van der Waals surface area contributed by atoms with Crippen molar-refractivity contribution in [1.29, 1.82) is 0 Å². The summed E-state index contributed by atoms with van der Waals surface area (Å²) in [5, 5.41) is 11.7. The van der Waals surface area contributed by atoms with Crippen LogP contribution < -0.4 is 14.8 Å². The van der Waals surface area contributed by atoms with Gasteiger partial charge in [0.2, 0.25) is 5.88 Å². The number of pyridine rings is 1. The maximum Gasteiger partial charge on any atom is 0.213 e. The molecule has 1 saturated heterocycles. The van der Waals surface area contributed by atoms with Crippen LogP contribution in [0.2, 0.25) is 0 Å². The van der Waals surface area contributed by atoms with Gasteiger partial charge in [0.05, 0.1) is 12.8 Å². The average molecular weight is 210 g/mol. The topological polar surface area (TPSA) is 63.6 Å². The highest BCUT2D eigenvalue weighted by Gasteiger charge is 2.18. The molecule has 0 bridgehead atoms. The highest BCUT2D eigenvalue weighted by Crippen LogP contribution is 2.15. The van der Waals surface area contributed by atoms with Gasteiger partial charge in [0.25, 0.3) is 0 Å². The Morgan fingerprint density at radius 2 is 2.33 bits per heavy atom. The summed E-state index contributed by atoms with van der Waals surface area (Å²) in [6.07, 6.45) is 1.83. The van der Waals surface area contributed by atoms with E-state index in [1.165, 1.54) is 0 Å². The zero-order valence-corrected chi connectivity index (χ0v) is 8.35. The summed E-state index contributed by atoms with van der Waals surface area (Å²) in [5.74, 6) is 1.25. The second-order valence-electron chi connectivity index (χ2n) is 3.30. The quantitative estimate of drug-likeness (QED) is 0.705. The van der Waals surface area contributed by atoms with Gasteiger partial charge in [-0.05, 0) is 6.07 Å². The Bertz CT molecular complexity index is 298. The van der Waals surface area contributed by atoms with E-state index in [0.29, 0.717) is 11.6 Å². The molecule has 1 aliphatic heterocycles. The number of aromatic nitrogens is 1. The van der Waals surface area contributed by atoms with E-state index >= 15 is 0 Å². The molecule has 0 aliphatic carbocycles. The highest BCUT2D eigenvalue weighted by molar-refractivity contribution is 5.23. The number of hydrogen-bond donors (Lipinski definition) is 2. The van der Waals surface area contributed by atoms with Crippen LogP contribution in [0.4, 0.5) is 0 Å². The predicted octanol–water partition coefficient (Wildman–Crippen LogP) is -0.197. The third-order valence-electron chi connectivity index (χ3n) is 2.10. The van der Waals surface area contributed by atoms with Crippen LogP contribution in [0.25, 0.3) is 0 Å². The van der Waals surface area contributed by atoms with E-state index in [9.17, 15) is 0 Å². The minimum atomic E-state index is 0.00595. The van der Waals surface area contributed by atoms with E-state index in [0.717, 1.165) is 13.1 Å². The summed E-state index contributed by atoms with van der Waals surface area (Å²) >= 11 is 0. The lowest BCUT2D eigenvalue weighted by atomic mass is 10.2. The second-order valence-corrected chi connectivity index (χ2v) is 3.30. The van der Waals surface area contributed by atoms with Gasteiger partial charge in [-0.3, -0.25) is 0 Å². The van der Waals surface area contributed by atoms with Crippen molar-refractivity contribution in [2.45, 2.75) is 6.10 Å². The number of hydrogen-bond acceptors (Lipinski definition) is 5. The summed E-state index contributed by atoms with van der Waals surface area (Å²) < 4.78 is 10.7. The van der Waals surface area contributed by atoms with Crippen LogP contribution in [0.5, 0.6) is 11.6 Å². The maximum absolute atomic E-state index is 8.56. The molecule has 1 aromatic heterocycles. The molecule has 1 aromatic rings. The lowest BCUT2D eigenvalue weighted by molar-refractivity contribution is 0.135. The lowest BCUT2D eigenvalue weighted by Gasteiger charge is -2.27. The third kappa shape index (κ3) is 2.81. The zero-order valence-electron chi connectivity index (χ0n) is 8.35. The van der Waals surface area contributed by atoms with Gasteiger partial charge in [-0.25, -0.2) is 4.98 Å². The normalized spacial score (nSPS) is 15.8. The van der Waals surface area contributed by atoms with Gasteiger partial charge in [0.15, 0.2) is 0 Å². The maximum atomic E-state index is 8.56. The van der Waals surface area contributed by atoms with E-state index in [2.05, 4.69) is 10.3 Å². The van der Waals surface area contributed by atoms with Crippen LogP contribution >= 0.6 is 0 Å². The largest absolute Gasteiger partial charge is 0.490 e. The molecule has 5 nitrogen and oxygen atoms in total. The van der Waals surface area contributed by atoms with Crippen LogP contribution in [0.1, 0.15) is 0 Å². The van der Waals surface area contributed by atoms with Crippen molar-refractivity contribution in [3.8, 4) is 11.6 Å². The first kappa shape index (κ1) is 10.2. The fourth-order valence-electron chi connectivity index (χ4n) is 1.20. The van der Waals surface area contributed by atoms with Crippen molar-refractivity contribution in [2.75, 3.05) is 26.3 Å². The Balaban J connectivity index is 1.85. The molecule has 2 heterocycles. The molecule has 2 N–H and O–H groups in total. The smallest absolute Gasteiger partial charge is 0.213 e. The van der Waals surface area contributed by atoms with Crippen LogP contribution in [-0.4, -0.2) is 42.5 Å². The number of aliphatic hydroxyl groups excluding tert-OH is 1. The minimum absolute atomic E-state index is 0.00595. The van der Waals surface area contributed by atoms with Gasteiger partial charge in [-0.1, -0.05) is 0 Å². The fraction of sp³-hybridized carbons (Fsp3) is 0.500. The Hall–Kier alpha value is -1.33. The summed E-state index contributed by atoms with van der Waals surface area (Å²) in [6, 6.07) is 3.55. The second kappa shape index (κ2) is 4.95. The van der Waals surface area contributed by atoms with Gasteiger partial charge in [0.1, 0.15) is 18.5 Å². The number of nitrogens with one attached hydrogen (secondary N) is 1. The van der Waals surface area contributed by atoms with Crippen molar-refractivity contribution in [1.82, 2.24) is 10.3 Å². The van der Waals surface area contributed by atoms with Crippen LogP contribution in [0, 0.1) is 0 Å². The summed E-state index contributed by atoms with van der Waals surface area (Å²) in [6.45, 7) is 2.05.